The molecule has 0 saturated carbocycles. The van der Waals surface area contributed by atoms with Gasteiger partial charge in [0.15, 0.2) is 0 Å². The van der Waals surface area contributed by atoms with Crippen molar-refractivity contribution in [2.45, 2.75) is 19.9 Å². The number of nitrogens with one attached hydrogen (secondary N) is 1. The van der Waals surface area contributed by atoms with Crippen molar-refractivity contribution in [3.63, 3.8) is 0 Å². The first-order chi connectivity index (χ1) is 16.2. The van der Waals surface area contributed by atoms with Gasteiger partial charge in [0, 0.05) is 29.1 Å². The molecule has 33 heavy (non-hydrogen) atoms. The number of amides is 1. The first-order valence-corrected chi connectivity index (χ1v) is 12.0. The van der Waals surface area contributed by atoms with Crippen LogP contribution in [0.25, 0.3) is 22.4 Å². The molecule has 0 aliphatic carbocycles. The highest BCUT2D eigenvalue weighted by molar-refractivity contribution is 7.10. The number of carbonyl (C=O) groups is 1. The lowest BCUT2D eigenvalue weighted by Crippen LogP contribution is -2.25. The van der Waals surface area contributed by atoms with Crippen molar-refractivity contribution >= 4 is 28.3 Å². The molecule has 1 N–H and O–H groups in total. The highest BCUT2D eigenvalue weighted by Gasteiger charge is 2.15. The van der Waals surface area contributed by atoms with Crippen LogP contribution >= 0.6 is 11.3 Å². The molecule has 5 heteroatoms. The second-order valence-corrected chi connectivity index (χ2v) is 9.11. The number of hydrogen-bond donors (Lipinski definition) is 1. The van der Waals surface area contributed by atoms with E-state index >= 15 is 0 Å². The predicted molar refractivity (Wildman–Crippen MR) is 136 cm³/mol. The molecule has 0 aliphatic heterocycles. The van der Waals surface area contributed by atoms with Crippen LogP contribution in [0.3, 0.4) is 0 Å². The Morgan fingerprint density at radius 1 is 0.970 bits per heavy atom. The van der Waals surface area contributed by atoms with E-state index in [0.29, 0.717) is 18.7 Å². The van der Waals surface area contributed by atoms with E-state index in [4.69, 9.17) is 4.98 Å². The summed E-state index contributed by atoms with van der Waals surface area (Å²) < 4.78 is 2.22. The average molecular weight is 452 g/mol. The third-order valence-corrected chi connectivity index (χ3v) is 6.91. The topological polar surface area (TPSA) is 46.9 Å². The summed E-state index contributed by atoms with van der Waals surface area (Å²) >= 11 is 1.74. The summed E-state index contributed by atoms with van der Waals surface area (Å²) in [6.45, 7) is 3.45. The highest BCUT2D eigenvalue weighted by atomic mass is 32.1. The number of benzene rings is 3. The van der Waals surface area contributed by atoms with Crippen LogP contribution in [0, 0.1) is 6.92 Å². The summed E-state index contributed by atoms with van der Waals surface area (Å²) in [5.41, 5.74) is 6.10. The van der Waals surface area contributed by atoms with Gasteiger partial charge < -0.3 is 9.88 Å². The molecule has 0 aliphatic rings. The van der Waals surface area contributed by atoms with E-state index in [1.165, 1.54) is 16.0 Å². The molecule has 3 aromatic carbocycles. The molecule has 2 aromatic heterocycles. The molecule has 0 fully saturated rings. The van der Waals surface area contributed by atoms with E-state index in [-0.39, 0.29) is 5.91 Å². The quantitative estimate of drug-likeness (QED) is 0.325. The van der Waals surface area contributed by atoms with Crippen LogP contribution in [0.5, 0.6) is 0 Å². The van der Waals surface area contributed by atoms with E-state index in [0.717, 1.165) is 28.8 Å². The van der Waals surface area contributed by atoms with E-state index < -0.39 is 0 Å². The second kappa shape index (κ2) is 9.43. The Bertz CT molecular complexity index is 1400. The summed E-state index contributed by atoms with van der Waals surface area (Å²) in [5.74, 6) is 0.806. The average Bonchev–Trinajstić information content (AvgIpc) is 3.43. The fourth-order valence-corrected chi connectivity index (χ4v) is 4.98. The summed E-state index contributed by atoms with van der Waals surface area (Å²) in [6, 6.07) is 28.4. The first-order valence-electron chi connectivity index (χ1n) is 11.1. The molecule has 5 rings (SSSR count). The van der Waals surface area contributed by atoms with Gasteiger partial charge in [-0.15, -0.1) is 11.3 Å². The van der Waals surface area contributed by atoms with Crippen molar-refractivity contribution < 1.29 is 4.79 Å². The van der Waals surface area contributed by atoms with Crippen molar-refractivity contribution in [2.24, 2.45) is 0 Å². The van der Waals surface area contributed by atoms with Gasteiger partial charge in [-0.1, -0.05) is 54.6 Å². The summed E-state index contributed by atoms with van der Waals surface area (Å²) in [6.07, 6.45) is 0.849. The van der Waals surface area contributed by atoms with Crippen molar-refractivity contribution in [1.82, 2.24) is 14.9 Å². The summed E-state index contributed by atoms with van der Waals surface area (Å²) in [5, 5.41) is 5.16. The maximum Gasteiger partial charge on any atom is 0.251 e. The standard InChI is InChI=1S/C28H25N3OS/c1-20-15-17-33-26(20)14-16-29-28(32)23-11-7-10-22(18-23)27-30-24-12-5-6-13-25(24)31(27)19-21-8-3-2-4-9-21/h2-13,15,17-18H,14,16,19H2,1H3,(H,29,32). The van der Waals surface area contributed by atoms with Gasteiger partial charge >= 0.3 is 0 Å². The van der Waals surface area contributed by atoms with Gasteiger partial charge in [-0.2, -0.15) is 0 Å². The van der Waals surface area contributed by atoms with Crippen molar-refractivity contribution in [3.05, 3.63) is 112 Å². The lowest BCUT2D eigenvalue weighted by molar-refractivity contribution is 0.0954. The number of rotatable bonds is 7. The molecule has 0 radical (unpaired) electrons. The number of aromatic nitrogens is 2. The zero-order chi connectivity index (χ0) is 22.6. The normalized spacial score (nSPS) is 11.1. The fourth-order valence-electron chi connectivity index (χ4n) is 4.07. The minimum atomic E-state index is -0.0585. The highest BCUT2D eigenvalue weighted by Crippen LogP contribution is 2.26. The van der Waals surface area contributed by atoms with Crippen LogP contribution in [-0.2, 0) is 13.0 Å². The Morgan fingerprint density at radius 3 is 2.61 bits per heavy atom. The van der Waals surface area contributed by atoms with Gasteiger partial charge in [-0.25, -0.2) is 4.98 Å². The van der Waals surface area contributed by atoms with Gasteiger partial charge in [-0.3, -0.25) is 4.79 Å². The number of para-hydroxylation sites is 2. The number of thiophene rings is 1. The Labute approximate surface area is 197 Å². The molecule has 4 nitrogen and oxygen atoms in total. The lowest BCUT2D eigenvalue weighted by Gasteiger charge is -2.11. The Balaban J connectivity index is 1.42. The number of nitrogens with zero attached hydrogens (tertiary/aromatic N) is 2. The summed E-state index contributed by atoms with van der Waals surface area (Å²) in [4.78, 5) is 19.1. The molecule has 5 aromatic rings. The van der Waals surface area contributed by atoms with E-state index in [1.807, 2.05) is 48.5 Å². The molecule has 0 atom stereocenters. The third kappa shape index (κ3) is 4.59. The molecule has 0 spiro atoms. The predicted octanol–water partition coefficient (Wildman–Crippen LogP) is 6.09. The SMILES string of the molecule is Cc1ccsc1CCNC(=O)c1cccc(-c2nc3ccccc3n2Cc2ccccc2)c1. The van der Waals surface area contributed by atoms with Crippen LogP contribution in [0.4, 0.5) is 0 Å². The van der Waals surface area contributed by atoms with E-state index in [1.54, 1.807) is 11.3 Å². The minimum Gasteiger partial charge on any atom is -0.352 e. The number of imidazole rings is 1. The van der Waals surface area contributed by atoms with Crippen LogP contribution < -0.4 is 5.32 Å². The van der Waals surface area contributed by atoms with Crippen LogP contribution in [0.2, 0.25) is 0 Å². The Kier molecular flexibility index (Phi) is 6.05. The minimum absolute atomic E-state index is 0.0585. The van der Waals surface area contributed by atoms with Crippen molar-refractivity contribution in [2.75, 3.05) is 6.54 Å². The Hall–Kier alpha value is -3.70. The lowest BCUT2D eigenvalue weighted by atomic mass is 10.1. The largest absolute Gasteiger partial charge is 0.352 e. The molecule has 2 heterocycles. The maximum absolute atomic E-state index is 12.9. The molecule has 164 valence electrons. The van der Waals surface area contributed by atoms with Gasteiger partial charge in [0.1, 0.15) is 5.82 Å². The second-order valence-electron chi connectivity index (χ2n) is 8.11. The smallest absolute Gasteiger partial charge is 0.251 e. The van der Waals surface area contributed by atoms with Crippen LogP contribution in [0.1, 0.15) is 26.4 Å². The van der Waals surface area contributed by atoms with E-state index in [2.05, 4.69) is 58.6 Å². The van der Waals surface area contributed by atoms with Crippen LogP contribution in [-0.4, -0.2) is 22.0 Å². The third-order valence-electron chi connectivity index (χ3n) is 5.83. The number of carbonyl (C=O) groups excluding carboxylic acids is 1. The van der Waals surface area contributed by atoms with Gasteiger partial charge in [0.25, 0.3) is 5.91 Å². The number of hydrogen-bond acceptors (Lipinski definition) is 3. The van der Waals surface area contributed by atoms with Gasteiger partial charge in [-0.05, 0) is 60.2 Å². The van der Waals surface area contributed by atoms with Gasteiger partial charge in [0.05, 0.1) is 11.0 Å². The molecular weight excluding hydrogens is 426 g/mol. The Morgan fingerprint density at radius 2 is 1.79 bits per heavy atom. The van der Waals surface area contributed by atoms with E-state index in [9.17, 15) is 4.79 Å². The zero-order valence-electron chi connectivity index (χ0n) is 18.5. The fraction of sp³-hybridized carbons (Fsp3) is 0.143. The molecule has 1 amide bonds. The molecule has 0 saturated heterocycles. The maximum atomic E-state index is 12.9. The monoisotopic (exact) mass is 451 g/mol. The van der Waals surface area contributed by atoms with Crippen molar-refractivity contribution in [3.8, 4) is 11.4 Å². The number of fused-ring (bicyclic) bond motifs is 1. The van der Waals surface area contributed by atoms with Gasteiger partial charge in [0.2, 0.25) is 0 Å². The van der Waals surface area contributed by atoms with Crippen molar-refractivity contribution in [1.29, 1.82) is 0 Å². The first kappa shape index (κ1) is 21.2. The zero-order valence-corrected chi connectivity index (χ0v) is 19.3. The number of aryl methyl sites for hydroxylation is 1. The summed E-state index contributed by atoms with van der Waals surface area (Å²) in [7, 11) is 0. The molecular formula is C28H25N3OS. The molecule has 0 unspecified atom stereocenters. The van der Waals surface area contributed by atoms with Crippen LogP contribution in [0.15, 0.2) is 90.3 Å². The molecule has 0 bridgehead atoms.